The molecule has 120 valence electrons. The molecule has 1 N–H and O–H groups in total. The van der Waals surface area contributed by atoms with Crippen molar-refractivity contribution in [1.29, 1.82) is 0 Å². The molecule has 1 aromatic rings. The number of likely N-dealkylation sites (tertiary alicyclic amines) is 1. The fourth-order valence-corrected chi connectivity index (χ4v) is 2.46. The zero-order valence-corrected chi connectivity index (χ0v) is 12.7. The average molecular weight is 308 g/mol. The van der Waals surface area contributed by atoms with Gasteiger partial charge in [-0.15, -0.1) is 0 Å². The van der Waals surface area contributed by atoms with Gasteiger partial charge in [0.2, 0.25) is 11.8 Å². The van der Waals surface area contributed by atoms with Crippen LogP contribution in [-0.2, 0) is 16.0 Å². The Balaban J connectivity index is 1.73. The van der Waals surface area contributed by atoms with Gasteiger partial charge in [-0.3, -0.25) is 9.59 Å². The van der Waals surface area contributed by atoms with Crippen LogP contribution in [0.2, 0.25) is 0 Å². The Hall–Kier alpha value is -2.11. The molecule has 0 spiro atoms. The maximum absolute atomic E-state index is 13.5. The second-order valence-electron chi connectivity index (χ2n) is 5.33. The molecule has 1 heterocycles. The number of carbonyl (C=O) groups is 2. The van der Waals surface area contributed by atoms with Crippen LogP contribution in [0.1, 0.15) is 24.8 Å². The molecule has 0 aromatic heterocycles. The Morgan fingerprint density at radius 3 is 2.68 bits per heavy atom. The van der Waals surface area contributed by atoms with Gasteiger partial charge in [0, 0.05) is 19.5 Å². The number of rotatable bonds is 6. The second kappa shape index (κ2) is 7.77. The van der Waals surface area contributed by atoms with E-state index in [9.17, 15) is 14.0 Å². The average Bonchev–Trinajstić information content (AvgIpc) is 3.05. The van der Waals surface area contributed by atoms with Crippen molar-refractivity contribution in [3.05, 3.63) is 29.6 Å². The number of carbonyl (C=O) groups excluding carboxylic acids is 2. The molecule has 0 atom stereocenters. The number of amides is 2. The third kappa shape index (κ3) is 4.44. The van der Waals surface area contributed by atoms with Crippen LogP contribution in [0.3, 0.4) is 0 Å². The second-order valence-corrected chi connectivity index (χ2v) is 5.33. The SMILES string of the molecule is COc1ccc(CCC(=O)NCC(=O)N2CCCC2)cc1F. The first-order chi connectivity index (χ1) is 10.6. The van der Waals surface area contributed by atoms with Crippen LogP contribution in [0, 0.1) is 5.82 Å². The molecule has 1 fully saturated rings. The minimum Gasteiger partial charge on any atom is -0.494 e. The van der Waals surface area contributed by atoms with Crippen molar-refractivity contribution in [1.82, 2.24) is 10.2 Å². The number of nitrogens with one attached hydrogen (secondary N) is 1. The number of aryl methyl sites for hydroxylation is 1. The third-order valence-electron chi connectivity index (χ3n) is 3.75. The van der Waals surface area contributed by atoms with Crippen LogP contribution in [0.15, 0.2) is 18.2 Å². The molecular weight excluding hydrogens is 287 g/mol. The quantitative estimate of drug-likeness (QED) is 0.866. The number of halogens is 1. The van der Waals surface area contributed by atoms with E-state index in [1.54, 1.807) is 17.0 Å². The highest BCUT2D eigenvalue weighted by atomic mass is 19.1. The number of methoxy groups -OCH3 is 1. The van der Waals surface area contributed by atoms with Crippen molar-refractivity contribution >= 4 is 11.8 Å². The summed E-state index contributed by atoms with van der Waals surface area (Å²) in [7, 11) is 1.41. The van der Waals surface area contributed by atoms with E-state index in [4.69, 9.17) is 4.74 Å². The van der Waals surface area contributed by atoms with E-state index in [2.05, 4.69) is 5.32 Å². The van der Waals surface area contributed by atoms with Crippen LogP contribution < -0.4 is 10.1 Å². The van der Waals surface area contributed by atoms with Crippen molar-refractivity contribution in [3.8, 4) is 5.75 Å². The summed E-state index contributed by atoms with van der Waals surface area (Å²) < 4.78 is 18.4. The molecule has 2 amide bonds. The molecule has 0 bridgehead atoms. The van der Waals surface area contributed by atoms with E-state index < -0.39 is 5.82 Å². The standard InChI is InChI=1S/C16H21FN2O3/c1-22-14-6-4-12(10-13(14)17)5-7-15(20)18-11-16(21)19-8-2-3-9-19/h4,6,10H,2-3,5,7-9,11H2,1H3,(H,18,20). The lowest BCUT2D eigenvalue weighted by Crippen LogP contribution is -2.38. The van der Waals surface area contributed by atoms with Crippen molar-refractivity contribution in [2.45, 2.75) is 25.7 Å². The molecule has 6 heteroatoms. The zero-order valence-electron chi connectivity index (χ0n) is 12.7. The van der Waals surface area contributed by atoms with Gasteiger partial charge in [0.25, 0.3) is 0 Å². The summed E-state index contributed by atoms with van der Waals surface area (Å²) in [4.78, 5) is 25.3. The first-order valence-corrected chi connectivity index (χ1v) is 7.47. The fourth-order valence-electron chi connectivity index (χ4n) is 2.46. The molecular formula is C16H21FN2O3. The van der Waals surface area contributed by atoms with E-state index in [0.29, 0.717) is 6.42 Å². The van der Waals surface area contributed by atoms with Gasteiger partial charge in [0.1, 0.15) is 0 Å². The van der Waals surface area contributed by atoms with E-state index in [0.717, 1.165) is 31.5 Å². The highest BCUT2D eigenvalue weighted by Gasteiger charge is 2.18. The first-order valence-electron chi connectivity index (χ1n) is 7.47. The molecule has 1 aromatic carbocycles. The summed E-state index contributed by atoms with van der Waals surface area (Å²) in [5, 5.41) is 2.62. The van der Waals surface area contributed by atoms with Gasteiger partial charge in [0.15, 0.2) is 11.6 Å². The predicted octanol–water partition coefficient (Wildman–Crippen LogP) is 1.51. The normalized spacial score (nSPS) is 14.0. The lowest BCUT2D eigenvalue weighted by Gasteiger charge is -2.15. The summed E-state index contributed by atoms with van der Waals surface area (Å²) in [6, 6.07) is 4.63. The molecule has 1 aliphatic rings. The highest BCUT2D eigenvalue weighted by molar-refractivity contribution is 5.84. The van der Waals surface area contributed by atoms with Gasteiger partial charge in [0.05, 0.1) is 13.7 Å². The van der Waals surface area contributed by atoms with Crippen LogP contribution in [0.4, 0.5) is 4.39 Å². The monoisotopic (exact) mass is 308 g/mol. The lowest BCUT2D eigenvalue weighted by molar-refractivity contribution is -0.132. The topological polar surface area (TPSA) is 58.6 Å². The summed E-state index contributed by atoms with van der Waals surface area (Å²) >= 11 is 0. The van der Waals surface area contributed by atoms with Gasteiger partial charge in [-0.1, -0.05) is 6.07 Å². The number of hydrogen-bond acceptors (Lipinski definition) is 3. The van der Waals surface area contributed by atoms with Crippen LogP contribution in [0.5, 0.6) is 5.75 Å². The Morgan fingerprint density at radius 2 is 2.05 bits per heavy atom. The lowest BCUT2D eigenvalue weighted by atomic mass is 10.1. The Kier molecular flexibility index (Phi) is 5.75. The Labute approximate surface area is 129 Å². The van der Waals surface area contributed by atoms with Gasteiger partial charge < -0.3 is 15.0 Å². The predicted molar refractivity (Wildman–Crippen MR) is 80.1 cm³/mol. The van der Waals surface area contributed by atoms with Crippen molar-refractivity contribution < 1.29 is 18.7 Å². The van der Waals surface area contributed by atoms with Gasteiger partial charge in [-0.05, 0) is 37.0 Å². The minimum atomic E-state index is -0.440. The van der Waals surface area contributed by atoms with E-state index in [1.165, 1.54) is 13.2 Å². The summed E-state index contributed by atoms with van der Waals surface area (Å²) in [6.45, 7) is 1.59. The number of nitrogens with zero attached hydrogens (tertiary/aromatic N) is 1. The zero-order chi connectivity index (χ0) is 15.9. The highest BCUT2D eigenvalue weighted by Crippen LogP contribution is 2.18. The van der Waals surface area contributed by atoms with Gasteiger partial charge >= 0.3 is 0 Å². The molecule has 1 saturated heterocycles. The fraction of sp³-hybridized carbons (Fsp3) is 0.500. The number of benzene rings is 1. The maximum Gasteiger partial charge on any atom is 0.241 e. The van der Waals surface area contributed by atoms with Crippen LogP contribution in [0.25, 0.3) is 0 Å². The van der Waals surface area contributed by atoms with E-state index in [1.807, 2.05) is 0 Å². The Bertz CT molecular complexity index is 542. The number of hydrogen-bond donors (Lipinski definition) is 1. The van der Waals surface area contributed by atoms with Crippen molar-refractivity contribution in [2.24, 2.45) is 0 Å². The molecule has 22 heavy (non-hydrogen) atoms. The summed E-state index contributed by atoms with van der Waals surface area (Å²) in [5.41, 5.74) is 0.722. The van der Waals surface area contributed by atoms with E-state index in [-0.39, 0.29) is 30.5 Å². The molecule has 0 radical (unpaired) electrons. The molecule has 5 nitrogen and oxygen atoms in total. The van der Waals surface area contributed by atoms with Crippen molar-refractivity contribution in [3.63, 3.8) is 0 Å². The molecule has 0 unspecified atom stereocenters. The van der Waals surface area contributed by atoms with Crippen LogP contribution >= 0.6 is 0 Å². The largest absolute Gasteiger partial charge is 0.494 e. The van der Waals surface area contributed by atoms with E-state index >= 15 is 0 Å². The summed E-state index contributed by atoms with van der Waals surface area (Å²) in [6.07, 6.45) is 2.70. The van der Waals surface area contributed by atoms with Crippen LogP contribution in [-0.4, -0.2) is 43.5 Å². The van der Waals surface area contributed by atoms with Gasteiger partial charge in [-0.2, -0.15) is 0 Å². The Morgan fingerprint density at radius 1 is 1.32 bits per heavy atom. The smallest absolute Gasteiger partial charge is 0.241 e. The number of ether oxygens (including phenoxy) is 1. The van der Waals surface area contributed by atoms with Crippen molar-refractivity contribution in [2.75, 3.05) is 26.7 Å². The molecule has 1 aliphatic heterocycles. The minimum absolute atomic E-state index is 0.0375. The molecule has 2 rings (SSSR count). The first kappa shape index (κ1) is 16.3. The molecule has 0 saturated carbocycles. The summed E-state index contributed by atoms with van der Waals surface area (Å²) in [5.74, 6) is -0.501. The third-order valence-corrected chi connectivity index (χ3v) is 3.75. The molecule has 0 aliphatic carbocycles. The van der Waals surface area contributed by atoms with Gasteiger partial charge in [-0.25, -0.2) is 4.39 Å². The maximum atomic E-state index is 13.5.